The molecule has 1 amide bonds. The highest BCUT2D eigenvalue weighted by Gasteiger charge is 2.19. The number of benzene rings is 3. The van der Waals surface area contributed by atoms with E-state index in [1.165, 1.54) is 12.1 Å². The Bertz CT molecular complexity index is 1320. The van der Waals surface area contributed by atoms with Crippen molar-refractivity contribution in [3.05, 3.63) is 83.7 Å². The van der Waals surface area contributed by atoms with Crippen molar-refractivity contribution in [1.29, 1.82) is 0 Å². The Balaban J connectivity index is 1.80. The van der Waals surface area contributed by atoms with Crippen LogP contribution in [0, 0.1) is 5.82 Å². The molecule has 0 bridgehead atoms. The molecule has 4 rings (SSSR count). The van der Waals surface area contributed by atoms with Crippen molar-refractivity contribution in [3.8, 4) is 5.69 Å². The van der Waals surface area contributed by atoms with E-state index in [0.717, 1.165) is 16.9 Å². The third kappa shape index (κ3) is 4.55. The van der Waals surface area contributed by atoms with E-state index in [-0.39, 0.29) is 16.6 Å². The monoisotopic (exact) mass is 464 g/mol. The Morgan fingerprint density at radius 3 is 2.59 bits per heavy atom. The molecule has 1 N–H and O–H groups in total. The standard InChI is InChI=1S/C23H24BFN4OP2/c1-23(31,32)15-6-3-5-14(11-15)21(30)27-22-26-19-12-16(25)9-10-20(19)29(22)18-8-4-7-17(13-18)28(2)24/h3-13H,24,31-32H2,1-2H3,(H,26,27,30). The second-order valence-corrected chi connectivity index (χ2v) is 11.2. The maximum Gasteiger partial charge on any atom is 0.257 e. The molecule has 1 heterocycles. The number of amides is 1. The van der Waals surface area contributed by atoms with Crippen molar-refractivity contribution in [2.24, 2.45) is 0 Å². The summed E-state index contributed by atoms with van der Waals surface area (Å²) in [5.74, 6) is -0.335. The van der Waals surface area contributed by atoms with Crippen LogP contribution in [0.15, 0.2) is 66.7 Å². The van der Waals surface area contributed by atoms with Gasteiger partial charge in [0.1, 0.15) is 5.82 Å². The zero-order valence-electron chi connectivity index (χ0n) is 18.1. The average Bonchev–Trinajstić information content (AvgIpc) is 3.10. The van der Waals surface area contributed by atoms with E-state index in [9.17, 15) is 9.18 Å². The van der Waals surface area contributed by atoms with Crippen LogP contribution in [0.1, 0.15) is 22.8 Å². The number of carbonyl (C=O) groups excluding carboxylic acids is 1. The second kappa shape index (κ2) is 8.65. The number of carbonyl (C=O) groups is 1. The minimum atomic E-state index is -0.380. The summed E-state index contributed by atoms with van der Waals surface area (Å²) >= 11 is 0. The molecule has 9 heteroatoms. The molecule has 2 atom stereocenters. The Labute approximate surface area is 192 Å². The molecule has 2 unspecified atom stereocenters. The van der Waals surface area contributed by atoms with Gasteiger partial charge >= 0.3 is 0 Å². The normalized spacial score (nSPS) is 11.5. The Hall–Kier alpha value is -2.75. The summed E-state index contributed by atoms with van der Waals surface area (Å²) in [7, 11) is 9.42. The number of hydrogen-bond acceptors (Lipinski definition) is 3. The van der Waals surface area contributed by atoms with Gasteiger partial charge in [0.05, 0.1) is 16.7 Å². The number of halogens is 1. The summed E-state index contributed by atoms with van der Waals surface area (Å²) in [6.45, 7) is 2.03. The van der Waals surface area contributed by atoms with E-state index in [2.05, 4.69) is 28.8 Å². The third-order valence-corrected chi connectivity index (χ3v) is 5.86. The highest BCUT2D eigenvalue weighted by molar-refractivity contribution is 7.38. The van der Waals surface area contributed by atoms with Crippen LogP contribution in [0.25, 0.3) is 16.7 Å². The molecule has 0 radical (unpaired) electrons. The number of imidazole rings is 1. The average molecular weight is 464 g/mol. The molecule has 3 aromatic carbocycles. The third-order valence-electron chi connectivity index (χ3n) is 5.19. The first-order valence-corrected chi connectivity index (χ1v) is 11.2. The molecule has 0 aliphatic heterocycles. The van der Waals surface area contributed by atoms with Crippen molar-refractivity contribution in [2.45, 2.75) is 11.8 Å². The number of anilines is 2. The SMILES string of the molecule is BN(C)c1cccc(-n2c(NC(=O)c3cccc(C(C)(P)P)c3)nc3cc(F)ccc32)c1. The summed E-state index contributed by atoms with van der Waals surface area (Å²) in [6, 6.07) is 19.7. The summed E-state index contributed by atoms with van der Waals surface area (Å²) in [5.41, 5.74) is 4.49. The van der Waals surface area contributed by atoms with Gasteiger partial charge in [-0.15, -0.1) is 18.5 Å². The van der Waals surface area contributed by atoms with Crippen molar-refractivity contribution in [3.63, 3.8) is 0 Å². The molecule has 0 saturated heterocycles. The van der Waals surface area contributed by atoms with E-state index < -0.39 is 0 Å². The highest BCUT2D eigenvalue weighted by atomic mass is 31.1. The van der Waals surface area contributed by atoms with Crippen LogP contribution in [0.3, 0.4) is 0 Å². The van der Waals surface area contributed by atoms with Crippen LogP contribution in [0.4, 0.5) is 16.0 Å². The number of nitrogens with zero attached hydrogens (tertiary/aromatic N) is 3. The first kappa shape index (κ1) is 22.4. The summed E-state index contributed by atoms with van der Waals surface area (Å²) in [4.78, 5) is 19.4. The number of hydrogen-bond donors (Lipinski definition) is 1. The molecule has 32 heavy (non-hydrogen) atoms. The first-order chi connectivity index (χ1) is 15.1. The van der Waals surface area contributed by atoms with E-state index >= 15 is 0 Å². The smallest absolute Gasteiger partial charge is 0.257 e. The highest BCUT2D eigenvalue weighted by Crippen LogP contribution is 2.38. The van der Waals surface area contributed by atoms with Crippen molar-refractivity contribution in [2.75, 3.05) is 17.2 Å². The molecular formula is C23H24BFN4OP2. The molecule has 162 valence electrons. The van der Waals surface area contributed by atoms with Gasteiger partial charge in [-0.25, -0.2) is 9.37 Å². The van der Waals surface area contributed by atoms with Gasteiger partial charge in [0.15, 0.2) is 0 Å². The van der Waals surface area contributed by atoms with E-state index in [1.54, 1.807) is 12.1 Å². The zero-order valence-corrected chi connectivity index (χ0v) is 20.4. The molecular weight excluding hydrogens is 440 g/mol. The van der Waals surface area contributed by atoms with E-state index in [0.29, 0.717) is 22.5 Å². The molecule has 5 nitrogen and oxygen atoms in total. The van der Waals surface area contributed by atoms with Gasteiger partial charge < -0.3 is 4.81 Å². The van der Waals surface area contributed by atoms with Crippen LogP contribution >= 0.6 is 18.5 Å². The van der Waals surface area contributed by atoms with Crippen molar-refractivity contribution in [1.82, 2.24) is 9.55 Å². The van der Waals surface area contributed by atoms with Gasteiger partial charge in [-0.05, 0) is 62.0 Å². The van der Waals surface area contributed by atoms with Crippen molar-refractivity contribution >= 4 is 55.0 Å². The fourth-order valence-electron chi connectivity index (χ4n) is 3.48. The van der Waals surface area contributed by atoms with Crippen LogP contribution in [-0.2, 0) is 4.90 Å². The lowest BCUT2D eigenvalue weighted by atomic mass is 10.1. The lowest BCUT2D eigenvalue weighted by Crippen LogP contribution is -2.17. The first-order valence-electron chi connectivity index (χ1n) is 10.1. The lowest BCUT2D eigenvalue weighted by Gasteiger charge is -2.19. The quantitative estimate of drug-likeness (QED) is 0.354. The number of aromatic nitrogens is 2. The minimum Gasteiger partial charge on any atom is -0.424 e. The number of nitrogens with one attached hydrogen (secondary N) is 1. The van der Waals surface area contributed by atoms with Gasteiger partial charge in [-0.3, -0.25) is 14.7 Å². The van der Waals surface area contributed by atoms with Crippen LogP contribution < -0.4 is 10.1 Å². The van der Waals surface area contributed by atoms with Gasteiger partial charge in [-0.1, -0.05) is 18.2 Å². The molecule has 0 aliphatic rings. The molecule has 0 spiro atoms. The Kier molecular flexibility index (Phi) is 6.07. The van der Waals surface area contributed by atoms with E-state index in [4.69, 9.17) is 0 Å². The number of rotatable bonds is 5. The summed E-state index contributed by atoms with van der Waals surface area (Å²) in [6.07, 6.45) is 0. The zero-order chi connectivity index (χ0) is 23.0. The maximum atomic E-state index is 13.9. The van der Waals surface area contributed by atoms with Crippen LogP contribution in [0.2, 0.25) is 0 Å². The summed E-state index contributed by atoms with van der Waals surface area (Å²) in [5, 5.41) is 2.92. The largest absolute Gasteiger partial charge is 0.424 e. The molecule has 4 aromatic rings. The second-order valence-electron chi connectivity index (χ2n) is 8.14. The molecule has 0 saturated carbocycles. The van der Waals surface area contributed by atoms with E-state index in [1.807, 2.05) is 73.8 Å². The Morgan fingerprint density at radius 1 is 1.12 bits per heavy atom. The molecule has 0 aliphatic carbocycles. The minimum absolute atomic E-state index is 0.242. The number of fused-ring (bicyclic) bond motifs is 1. The Morgan fingerprint density at radius 2 is 1.88 bits per heavy atom. The molecule has 0 fully saturated rings. The predicted octanol–water partition coefficient (Wildman–Crippen LogP) is 4.32. The topological polar surface area (TPSA) is 50.2 Å². The molecule has 1 aromatic heterocycles. The fourth-order valence-corrected chi connectivity index (χ4v) is 3.84. The van der Waals surface area contributed by atoms with Gasteiger partial charge in [0, 0.05) is 22.2 Å². The van der Waals surface area contributed by atoms with Crippen LogP contribution in [0.5, 0.6) is 0 Å². The lowest BCUT2D eigenvalue weighted by molar-refractivity contribution is 0.102. The fraction of sp³-hybridized carbons (Fsp3) is 0.130. The summed E-state index contributed by atoms with van der Waals surface area (Å²) < 4.78 is 15.7. The van der Waals surface area contributed by atoms with Crippen LogP contribution in [-0.4, -0.2) is 30.5 Å². The predicted molar refractivity (Wildman–Crippen MR) is 139 cm³/mol. The maximum absolute atomic E-state index is 13.9. The van der Waals surface area contributed by atoms with Gasteiger partial charge in [0.25, 0.3) is 5.91 Å². The van der Waals surface area contributed by atoms with Gasteiger partial charge in [0.2, 0.25) is 13.9 Å². The van der Waals surface area contributed by atoms with Gasteiger partial charge in [-0.2, -0.15) is 0 Å². The van der Waals surface area contributed by atoms with Crippen molar-refractivity contribution < 1.29 is 9.18 Å².